The predicted octanol–water partition coefficient (Wildman–Crippen LogP) is 2.54. The quantitative estimate of drug-likeness (QED) is 0.570. The molecule has 0 saturated carbocycles. The second-order valence-corrected chi connectivity index (χ2v) is 7.97. The molecule has 2 aromatic heterocycles. The number of fused-ring (bicyclic) bond motifs is 1. The van der Waals surface area contributed by atoms with Crippen molar-refractivity contribution in [3.05, 3.63) is 33.0 Å². The Hall–Kier alpha value is -2.26. The van der Waals surface area contributed by atoms with Crippen molar-refractivity contribution in [1.82, 2.24) is 20.1 Å². The van der Waals surface area contributed by atoms with Gasteiger partial charge in [-0.05, 0) is 46.0 Å². The molecule has 0 aromatic carbocycles. The van der Waals surface area contributed by atoms with Crippen molar-refractivity contribution in [1.29, 1.82) is 0 Å². The molecule has 1 amide bonds. The summed E-state index contributed by atoms with van der Waals surface area (Å²) in [6.07, 6.45) is 3.68. The highest BCUT2D eigenvalue weighted by Gasteiger charge is 2.23. The fourth-order valence-electron chi connectivity index (χ4n) is 3.34. The van der Waals surface area contributed by atoms with Crippen LogP contribution < -0.4 is 5.32 Å². The molecule has 1 aliphatic heterocycles. The van der Waals surface area contributed by atoms with Gasteiger partial charge < -0.3 is 14.8 Å². The van der Waals surface area contributed by atoms with Crippen molar-refractivity contribution >= 4 is 23.2 Å². The standard InChI is InChI=1S/C20H28N4O4S/c1-3-24-18-15(7-4-10-27-11-6-9-21-19(18)25)16(23-24)8-5-12-28-20(26)17-13-29-14(2)22-17/h13H,3-12H2,1-2H3,(H,21,25). The van der Waals surface area contributed by atoms with Gasteiger partial charge in [0, 0.05) is 37.2 Å². The second-order valence-electron chi connectivity index (χ2n) is 6.91. The number of amides is 1. The van der Waals surface area contributed by atoms with Crippen LogP contribution in [0.15, 0.2) is 5.38 Å². The number of hydrogen-bond acceptors (Lipinski definition) is 7. The van der Waals surface area contributed by atoms with E-state index in [-0.39, 0.29) is 5.91 Å². The van der Waals surface area contributed by atoms with Crippen molar-refractivity contribution in [3.63, 3.8) is 0 Å². The van der Waals surface area contributed by atoms with Crippen LogP contribution in [0.2, 0.25) is 0 Å². The Balaban J connectivity index is 1.65. The fraction of sp³-hybridized carbons (Fsp3) is 0.600. The van der Waals surface area contributed by atoms with Crippen LogP contribution in [0, 0.1) is 6.92 Å². The largest absolute Gasteiger partial charge is 0.461 e. The summed E-state index contributed by atoms with van der Waals surface area (Å²) in [5.74, 6) is -0.475. The van der Waals surface area contributed by atoms with Crippen molar-refractivity contribution in [2.75, 3.05) is 26.4 Å². The zero-order valence-electron chi connectivity index (χ0n) is 17.0. The molecule has 1 N–H and O–H groups in total. The monoisotopic (exact) mass is 420 g/mol. The zero-order valence-corrected chi connectivity index (χ0v) is 17.8. The van der Waals surface area contributed by atoms with Gasteiger partial charge in [-0.2, -0.15) is 5.10 Å². The first kappa shape index (κ1) is 21.4. The minimum atomic E-state index is -0.399. The summed E-state index contributed by atoms with van der Waals surface area (Å²) in [7, 11) is 0. The molecule has 8 nitrogen and oxygen atoms in total. The van der Waals surface area contributed by atoms with E-state index >= 15 is 0 Å². The van der Waals surface area contributed by atoms with E-state index < -0.39 is 5.97 Å². The number of hydrogen-bond donors (Lipinski definition) is 1. The Bertz CT molecular complexity index is 846. The average molecular weight is 421 g/mol. The molecule has 0 bridgehead atoms. The molecule has 0 unspecified atom stereocenters. The minimum Gasteiger partial charge on any atom is -0.461 e. The van der Waals surface area contributed by atoms with Crippen molar-refractivity contribution in [2.45, 2.75) is 52.5 Å². The Morgan fingerprint density at radius 1 is 1.38 bits per heavy atom. The number of carbonyl (C=O) groups is 2. The molecule has 158 valence electrons. The average Bonchev–Trinajstić information content (AvgIpc) is 3.29. The maximum Gasteiger partial charge on any atom is 0.357 e. The molecular weight excluding hydrogens is 392 g/mol. The molecule has 9 heteroatoms. The van der Waals surface area contributed by atoms with Gasteiger partial charge in [0.1, 0.15) is 5.69 Å². The molecule has 29 heavy (non-hydrogen) atoms. The number of carbonyl (C=O) groups excluding carboxylic acids is 2. The number of nitrogens with zero attached hydrogens (tertiary/aromatic N) is 3. The molecule has 0 spiro atoms. The maximum atomic E-state index is 12.7. The first-order valence-electron chi connectivity index (χ1n) is 10.1. The second kappa shape index (κ2) is 10.5. The molecule has 3 heterocycles. The highest BCUT2D eigenvalue weighted by molar-refractivity contribution is 7.09. The molecule has 0 fully saturated rings. The molecule has 0 saturated heterocycles. The van der Waals surface area contributed by atoms with Crippen LogP contribution in [0.5, 0.6) is 0 Å². The van der Waals surface area contributed by atoms with Gasteiger partial charge in [0.2, 0.25) is 0 Å². The van der Waals surface area contributed by atoms with Crippen LogP contribution in [-0.2, 0) is 28.9 Å². The van der Waals surface area contributed by atoms with Gasteiger partial charge in [0.25, 0.3) is 5.91 Å². The summed E-state index contributed by atoms with van der Waals surface area (Å²) in [5, 5.41) is 10.2. The lowest BCUT2D eigenvalue weighted by molar-refractivity contribution is 0.0494. The van der Waals surface area contributed by atoms with Crippen LogP contribution in [0.1, 0.15) is 63.4 Å². The van der Waals surface area contributed by atoms with Crippen LogP contribution in [-0.4, -0.2) is 53.0 Å². The minimum absolute atomic E-state index is 0.0761. The Labute approximate surface area is 174 Å². The SMILES string of the molecule is CCn1nc(CCCOC(=O)c2csc(C)n2)c2c1C(=O)NCCCOCCC2. The van der Waals surface area contributed by atoms with E-state index in [0.29, 0.717) is 57.1 Å². The summed E-state index contributed by atoms with van der Waals surface area (Å²) >= 11 is 1.43. The van der Waals surface area contributed by atoms with Crippen LogP contribution in [0.4, 0.5) is 0 Å². The van der Waals surface area contributed by atoms with E-state index in [9.17, 15) is 9.59 Å². The third-order valence-electron chi connectivity index (χ3n) is 4.73. The lowest BCUT2D eigenvalue weighted by Gasteiger charge is -2.08. The van der Waals surface area contributed by atoms with E-state index in [1.54, 1.807) is 10.1 Å². The normalized spacial score (nSPS) is 15.3. The number of nitrogens with one attached hydrogen (secondary N) is 1. The number of aromatic nitrogens is 3. The smallest absolute Gasteiger partial charge is 0.357 e. The molecular formula is C20H28N4O4S. The van der Waals surface area contributed by atoms with Crippen LogP contribution in [0.3, 0.4) is 0 Å². The Kier molecular flexibility index (Phi) is 7.76. The number of thiazole rings is 1. The predicted molar refractivity (Wildman–Crippen MR) is 109 cm³/mol. The fourth-order valence-corrected chi connectivity index (χ4v) is 3.93. The zero-order chi connectivity index (χ0) is 20.6. The van der Waals surface area contributed by atoms with Gasteiger partial charge in [-0.15, -0.1) is 11.3 Å². The highest BCUT2D eigenvalue weighted by atomic mass is 32.1. The van der Waals surface area contributed by atoms with E-state index in [4.69, 9.17) is 9.47 Å². The molecule has 1 aliphatic rings. The van der Waals surface area contributed by atoms with E-state index in [1.165, 1.54) is 11.3 Å². The topological polar surface area (TPSA) is 95.3 Å². The van der Waals surface area contributed by atoms with Crippen LogP contribution >= 0.6 is 11.3 Å². The van der Waals surface area contributed by atoms with Crippen LogP contribution in [0.25, 0.3) is 0 Å². The van der Waals surface area contributed by atoms with Crippen molar-refractivity contribution < 1.29 is 19.1 Å². The van der Waals surface area contributed by atoms with Gasteiger partial charge in [-0.3, -0.25) is 9.48 Å². The van der Waals surface area contributed by atoms with E-state index in [2.05, 4.69) is 15.4 Å². The van der Waals surface area contributed by atoms with E-state index in [0.717, 1.165) is 35.5 Å². The van der Waals surface area contributed by atoms with Crippen molar-refractivity contribution in [2.24, 2.45) is 0 Å². The molecule has 0 radical (unpaired) electrons. The lowest BCUT2D eigenvalue weighted by atomic mass is 10.0. The molecule has 3 rings (SSSR count). The highest BCUT2D eigenvalue weighted by Crippen LogP contribution is 2.20. The van der Waals surface area contributed by atoms with Crippen molar-refractivity contribution in [3.8, 4) is 0 Å². The number of rotatable bonds is 6. The Morgan fingerprint density at radius 2 is 2.21 bits per heavy atom. The first-order valence-corrected chi connectivity index (χ1v) is 11.0. The third kappa shape index (κ3) is 5.63. The maximum absolute atomic E-state index is 12.7. The van der Waals surface area contributed by atoms with Gasteiger partial charge in [-0.25, -0.2) is 9.78 Å². The third-order valence-corrected chi connectivity index (χ3v) is 5.51. The lowest BCUT2D eigenvalue weighted by Crippen LogP contribution is -2.28. The summed E-state index contributed by atoms with van der Waals surface area (Å²) in [6, 6.07) is 0. The molecule has 0 atom stereocenters. The summed E-state index contributed by atoms with van der Waals surface area (Å²) in [5.41, 5.74) is 2.89. The molecule has 2 aromatic rings. The van der Waals surface area contributed by atoms with Gasteiger partial charge >= 0.3 is 5.97 Å². The Morgan fingerprint density at radius 3 is 2.97 bits per heavy atom. The van der Waals surface area contributed by atoms with E-state index in [1.807, 2.05) is 13.8 Å². The number of ether oxygens (including phenoxy) is 2. The van der Waals surface area contributed by atoms with Gasteiger partial charge in [0.05, 0.1) is 17.3 Å². The van der Waals surface area contributed by atoms with Gasteiger partial charge in [-0.1, -0.05) is 0 Å². The number of esters is 1. The summed E-state index contributed by atoms with van der Waals surface area (Å²) in [6.45, 7) is 6.68. The number of aryl methyl sites for hydroxylation is 3. The molecule has 0 aliphatic carbocycles. The summed E-state index contributed by atoms with van der Waals surface area (Å²) in [4.78, 5) is 28.9. The van der Waals surface area contributed by atoms with Gasteiger partial charge in [0.15, 0.2) is 5.69 Å². The first-order chi connectivity index (χ1) is 14.1. The summed E-state index contributed by atoms with van der Waals surface area (Å²) < 4.78 is 12.7.